The molecule has 162 valence electrons. The Kier molecular flexibility index (Phi) is 8.27. The van der Waals surface area contributed by atoms with Gasteiger partial charge in [0.2, 0.25) is 0 Å². The van der Waals surface area contributed by atoms with Crippen LogP contribution in [0.5, 0.6) is 5.75 Å². The summed E-state index contributed by atoms with van der Waals surface area (Å²) in [4.78, 5) is 12.1. The van der Waals surface area contributed by atoms with Crippen molar-refractivity contribution in [2.75, 3.05) is 19.8 Å². The maximum absolute atomic E-state index is 13.0. The molecule has 1 aliphatic rings. The smallest absolute Gasteiger partial charge is 0.459 e. The van der Waals surface area contributed by atoms with Crippen LogP contribution < -0.4 is 9.61 Å². The summed E-state index contributed by atoms with van der Waals surface area (Å²) in [6.07, 6.45) is -2.24. The molecular formula is C18H23F3NO6P. The van der Waals surface area contributed by atoms with Crippen molar-refractivity contribution in [1.29, 1.82) is 0 Å². The van der Waals surface area contributed by atoms with Crippen molar-refractivity contribution in [1.82, 2.24) is 5.09 Å². The second kappa shape index (κ2) is 10.2. The van der Waals surface area contributed by atoms with Crippen molar-refractivity contribution in [2.45, 2.75) is 32.0 Å². The molecule has 2 rings (SSSR count). The standard InChI is InChI=1S/C18H23F3NO6P/c1-13(17(24)26-12-14-7-8-14)22-29(25,28-16-5-3-2-4-6-16)27-10-9-15(11-23)18(19,20)21/h2-6,9,13-14,23H,7-8,10-12H2,1H3,(H,22,25)/b15-9-/t13-,29?/m0/s1. The molecule has 1 saturated carbocycles. The Hall–Kier alpha value is -1.87. The fourth-order valence-electron chi connectivity index (χ4n) is 2.12. The van der Waals surface area contributed by atoms with Gasteiger partial charge in [0, 0.05) is 0 Å². The van der Waals surface area contributed by atoms with Crippen molar-refractivity contribution < 1.29 is 41.4 Å². The number of para-hydroxylation sites is 1. The van der Waals surface area contributed by atoms with Gasteiger partial charge in [-0.05, 0) is 43.9 Å². The lowest BCUT2D eigenvalue weighted by Gasteiger charge is -2.22. The van der Waals surface area contributed by atoms with E-state index in [4.69, 9.17) is 18.9 Å². The summed E-state index contributed by atoms with van der Waals surface area (Å²) in [5, 5.41) is 11.2. The highest BCUT2D eigenvalue weighted by atomic mass is 31.2. The van der Waals surface area contributed by atoms with Crippen LogP contribution in [0.3, 0.4) is 0 Å². The van der Waals surface area contributed by atoms with Crippen LogP contribution in [0.1, 0.15) is 19.8 Å². The van der Waals surface area contributed by atoms with Crippen LogP contribution in [0.25, 0.3) is 0 Å². The molecule has 0 aromatic heterocycles. The number of hydrogen-bond donors (Lipinski definition) is 2. The molecule has 2 atom stereocenters. The van der Waals surface area contributed by atoms with E-state index in [0.29, 0.717) is 12.0 Å². The zero-order valence-electron chi connectivity index (χ0n) is 15.7. The van der Waals surface area contributed by atoms with E-state index < -0.39 is 44.7 Å². The minimum absolute atomic E-state index is 0.129. The van der Waals surface area contributed by atoms with E-state index in [1.54, 1.807) is 18.2 Å². The van der Waals surface area contributed by atoms with Crippen LogP contribution in [0.2, 0.25) is 0 Å². The summed E-state index contributed by atoms with van der Waals surface area (Å²) in [5.41, 5.74) is -1.25. The van der Waals surface area contributed by atoms with Crippen LogP contribution in [-0.4, -0.2) is 43.1 Å². The Morgan fingerprint density at radius 2 is 2.00 bits per heavy atom. The van der Waals surface area contributed by atoms with Gasteiger partial charge in [-0.15, -0.1) is 0 Å². The normalized spacial score (nSPS) is 18.0. The lowest BCUT2D eigenvalue weighted by Crippen LogP contribution is -2.35. The van der Waals surface area contributed by atoms with Gasteiger partial charge < -0.3 is 14.4 Å². The number of benzene rings is 1. The zero-order valence-corrected chi connectivity index (χ0v) is 16.6. The number of alkyl halides is 3. The Labute approximate surface area is 166 Å². The number of carbonyl (C=O) groups is 1. The summed E-state index contributed by atoms with van der Waals surface area (Å²) in [6, 6.07) is 6.73. The summed E-state index contributed by atoms with van der Waals surface area (Å²) in [6.45, 7) is -0.390. The SMILES string of the molecule is C[C@H](NP(=O)(OC/C=C(/CO)C(F)(F)F)Oc1ccccc1)C(=O)OCC1CC1. The molecule has 0 amide bonds. The lowest BCUT2D eigenvalue weighted by atomic mass is 10.2. The third-order valence-electron chi connectivity index (χ3n) is 3.94. The summed E-state index contributed by atoms with van der Waals surface area (Å²) < 4.78 is 66.6. The van der Waals surface area contributed by atoms with Crippen LogP contribution in [0.15, 0.2) is 42.0 Å². The Bertz CT molecular complexity index is 752. The number of esters is 1. The minimum atomic E-state index is -4.75. The highest BCUT2D eigenvalue weighted by molar-refractivity contribution is 7.52. The van der Waals surface area contributed by atoms with Crippen LogP contribution >= 0.6 is 7.75 Å². The van der Waals surface area contributed by atoms with Crippen molar-refractivity contribution in [3.8, 4) is 5.75 Å². The first-order chi connectivity index (χ1) is 13.6. The monoisotopic (exact) mass is 437 g/mol. The molecule has 0 heterocycles. The Morgan fingerprint density at radius 1 is 1.34 bits per heavy atom. The van der Waals surface area contributed by atoms with Crippen molar-refractivity contribution in [3.63, 3.8) is 0 Å². The molecule has 11 heteroatoms. The fourth-order valence-corrected chi connectivity index (χ4v) is 3.55. The van der Waals surface area contributed by atoms with Gasteiger partial charge in [0.1, 0.15) is 11.8 Å². The van der Waals surface area contributed by atoms with Crippen LogP contribution in [-0.2, 0) is 18.6 Å². The molecule has 1 aromatic carbocycles. The predicted octanol–water partition coefficient (Wildman–Crippen LogP) is 3.60. The summed E-state index contributed by atoms with van der Waals surface area (Å²) in [7, 11) is -4.25. The number of hydrogen-bond acceptors (Lipinski definition) is 6. The van der Waals surface area contributed by atoms with Gasteiger partial charge >= 0.3 is 19.9 Å². The van der Waals surface area contributed by atoms with Gasteiger partial charge in [0.25, 0.3) is 0 Å². The number of ether oxygens (including phenoxy) is 1. The number of aliphatic hydroxyl groups excluding tert-OH is 1. The molecule has 1 fully saturated rings. The van der Waals surface area contributed by atoms with Gasteiger partial charge in [0.15, 0.2) is 0 Å². The number of nitrogens with one attached hydrogen (secondary N) is 1. The molecule has 0 bridgehead atoms. The van der Waals surface area contributed by atoms with Crippen molar-refractivity contribution in [2.24, 2.45) is 5.92 Å². The van der Waals surface area contributed by atoms with Crippen LogP contribution in [0, 0.1) is 5.92 Å². The molecule has 1 aromatic rings. The molecule has 0 radical (unpaired) electrons. The molecule has 1 unspecified atom stereocenters. The predicted molar refractivity (Wildman–Crippen MR) is 98.1 cm³/mol. The average molecular weight is 437 g/mol. The van der Waals surface area contributed by atoms with Gasteiger partial charge in [0.05, 0.1) is 25.4 Å². The second-order valence-electron chi connectivity index (χ2n) is 6.51. The van der Waals surface area contributed by atoms with E-state index in [1.807, 2.05) is 0 Å². The van der Waals surface area contributed by atoms with Crippen molar-refractivity contribution >= 4 is 13.7 Å². The van der Waals surface area contributed by atoms with E-state index in [0.717, 1.165) is 12.8 Å². The molecule has 1 aliphatic carbocycles. The van der Waals surface area contributed by atoms with Gasteiger partial charge in [-0.1, -0.05) is 18.2 Å². The molecular weight excluding hydrogens is 414 g/mol. The highest BCUT2D eigenvalue weighted by Crippen LogP contribution is 2.45. The van der Waals surface area contributed by atoms with Gasteiger partial charge in [-0.2, -0.15) is 18.3 Å². The minimum Gasteiger partial charge on any atom is -0.464 e. The average Bonchev–Trinajstić information content (AvgIpc) is 3.47. The third-order valence-corrected chi connectivity index (χ3v) is 5.58. The zero-order chi connectivity index (χ0) is 21.5. The number of carbonyl (C=O) groups excluding carboxylic acids is 1. The Balaban J connectivity index is 2.06. The van der Waals surface area contributed by atoms with E-state index >= 15 is 0 Å². The summed E-state index contributed by atoms with van der Waals surface area (Å²) >= 11 is 0. The van der Waals surface area contributed by atoms with Crippen molar-refractivity contribution in [3.05, 3.63) is 42.0 Å². The van der Waals surface area contributed by atoms with Gasteiger partial charge in [-0.3, -0.25) is 9.32 Å². The largest absolute Gasteiger partial charge is 0.464 e. The van der Waals surface area contributed by atoms with Crippen LogP contribution in [0.4, 0.5) is 13.2 Å². The van der Waals surface area contributed by atoms with E-state index in [9.17, 15) is 22.5 Å². The fraction of sp³-hybridized carbons (Fsp3) is 0.500. The first-order valence-corrected chi connectivity index (χ1v) is 10.5. The molecule has 0 aliphatic heterocycles. The number of rotatable bonds is 11. The summed E-state index contributed by atoms with van der Waals surface area (Å²) in [5.74, 6) is -0.220. The third kappa shape index (κ3) is 8.18. The molecule has 2 N–H and O–H groups in total. The van der Waals surface area contributed by atoms with E-state index in [2.05, 4.69) is 5.09 Å². The maximum Gasteiger partial charge on any atom is 0.459 e. The maximum atomic E-state index is 13.0. The Morgan fingerprint density at radius 3 is 2.55 bits per heavy atom. The molecule has 29 heavy (non-hydrogen) atoms. The van der Waals surface area contributed by atoms with E-state index in [-0.39, 0.29) is 12.4 Å². The quantitative estimate of drug-likeness (QED) is 0.310. The molecule has 7 nitrogen and oxygen atoms in total. The van der Waals surface area contributed by atoms with E-state index in [1.165, 1.54) is 19.1 Å². The number of halogens is 3. The first kappa shape index (κ1) is 23.4. The highest BCUT2D eigenvalue weighted by Gasteiger charge is 2.35. The molecule has 0 spiro atoms. The number of aliphatic hydroxyl groups is 1. The lowest BCUT2D eigenvalue weighted by molar-refractivity contribution is -0.145. The second-order valence-corrected chi connectivity index (χ2v) is 8.20. The molecule has 0 saturated heterocycles. The first-order valence-electron chi connectivity index (χ1n) is 8.93. The topological polar surface area (TPSA) is 94.1 Å². The van der Waals surface area contributed by atoms with Gasteiger partial charge in [-0.25, -0.2) is 4.57 Å².